The third-order valence-electron chi connectivity index (χ3n) is 2.20. The molecular formula is C13H19N3O. The molecule has 4 nitrogen and oxygen atoms in total. The summed E-state index contributed by atoms with van der Waals surface area (Å²) in [5.74, 6) is 0.776. The van der Waals surface area contributed by atoms with Crippen molar-refractivity contribution >= 4 is 16.7 Å². The number of aromatic nitrogens is 2. The summed E-state index contributed by atoms with van der Waals surface area (Å²) in [5, 5.41) is 12.8. The molecule has 4 heteroatoms. The SMILES string of the molecule is CC.Cc1ccc2ncnc(NCCO)c2c1. The number of hydrogen-bond acceptors (Lipinski definition) is 4. The van der Waals surface area contributed by atoms with Crippen molar-refractivity contribution in [1.29, 1.82) is 0 Å². The summed E-state index contributed by atoms with van der Waals surface area (Å²) in [6.07, 6.45) is 1.53. The average molecular weight is 233 g/mol. The van der Waals surface area contributed by atoms with Crippen LogP contribution in [0.15, 0.2) is 24.5 Å². The number of fused-ring (bicyclic) bond motifs is 1. The highest BCUT2D eigenvalue weighted by atomic mass is 16.3. The monoisotopic (exact) mass is 233 g/mol. The fourth-order valence-corrected chi connectivity index (χ4v) is 1.49. The molecule has 0 radical (unpaired) electrons. The molecular weight excluding hydrogens is 214 g/mol. The summed E-state index contributed by atoms with van der Waals surface area (Å²) < 4.78 is 0. The lowest BCUT2D eigenvalue weighted by Gasteiger charge is -2.06. The molecule has 0 spiro atoms. The predicted octanol–water partition coefficient (Wildman–Crippen LogP) is 2.37. The number of aryl methyl sites for hydroxylation is 1. The van der Waals surface area contributed by atoms with Gasteiger partial charge < -0.3 is 10.4 Å². The van der Waals surface area contributed by atoms with Gasteiger partial charge in [0.2, 0.25) is 0 Å². The highest BCUT2D eigenvalue weighted by molar-refractivity contribution is 5.89. The molecule has 0 saturated heterocycles. The number of aliphatic hydroxyl groups excluding tert-OH is 1. The lowest BCUT2D eigenvalue weighted by Crippen LogP contribution is -2.07. The Balaban J connectivity index is 0.000000686. The second-order valence-electron chi connectivity index (χ2n) is 3.39. The van der Waals surface area contributed by atoms with Crippen molar-refractivity contribution in [3.05, 3.63) is 30.1 Å². The molecule has 92 valence electrons. The second-order valence-corrected chi connectivity index (χ2v) is 3.39. The number of hydrogen-bond donors (Lipinski definition) is 2. The van der Waals surface area contributed by atoms with Gasteiger partial charge in [0.25, 0.3) is 0 Å². The number of nitrogens with zero attached hydrogens (tertiary/aromatic N) is 2. The third kappa shape index (κ3) is 3.39. The summed E-state index contributed by atoms with van der Waals surface area (Å²) in [4.78, 5) is 8.33. The molecule has 2 aromatic rings. The van der Waals surface area contributed by atoms with Crippen molar-refractivity contribution in [2.45, 2.75) is 20.8 Å². The average Bonchev–Trinajstić information content (AvgIpc) is 2.38. The van der Waals surface area contributed by atoms with E-state index in [0.717, 1.165) is 16.7 Å². The predicted molar refractivity (Wildman–Crippen MR) is 71.2 cm³/mol. The van der Waals surface area contributed by atoms with E-state index in [1.165, 1.54) is 11.9 Å². The van der Waals surface area contributed by atoms with Crippen molar-refractivity contribution in [3.63, 3.8) is 0 Å². The molecule has 0 fully saturated rings. The summed E-state index contributed by atoms with van der Waals surface area (Å²) in [6.45, 7) is 6.62. The van der Waals surface area contributed by atoms with Crippen LogP contribution in [0.1, 0.15) is 19.4 Å². The normalized spacial score (nSPS) is 9.65. The van der Waals surface area contributed by atoms with Gasteiger partial charge in [0.1, 0.15) is 12.1 Å². The van der Waals surface area contributed by atoms with Crippen molar-refractivity contribution < 1.29 is 5.11 Å². The molecule has 0 unspecified atom stereocenters. The number of anilines is 1. The van der Waals surface area contributed by atoms with Crippen molar-refractivity contribution in [1.82, 2.24) is 9.97 Å². The highest BCUT2D eigenvalue weighted by Gasteiger charge is 2.02. The summed E-state index contributed by atoms with van der Waals surface area (Å²) in [7, 11) is 0. The van der Waals surface area contributed by atoms with Gasteiger partial charge in [-0.1, -0.05) is 25.5 Å². The third-order valence-corrected chi connectivity index (χ3v) is 2.20. The number of rotatable bonds is 3. The molecule has 1 aromatic heterocycles. The molecule has 1 heterocycles. The van der Waals surface area contributed by atoms with Gasteiger partial charge in [-0.2, -0.15) is 0 Å². The van der Waals surface area contributed by atoms with Gasteiger partial charge in [-0.3, -0.25) is 0 Å². The van der Waals surface area contributed by atoms with E-state index in [1.807, 2.05) is 39.0 Å². The van der Waals surface area contributed by atoms with E-state index in [4.69, 9.17) is 5.11 Å². The molecule has 2 N–H and O–H groups in total. The van der Waals surface area contributed by atoms with Gasteiger partial charge in [-0.15, -0.1) is 0 Å². The highest BCUT2D eigenvalue weighted by Crippen LogP contribution is 2.19. The second kappa shape index (κ2) is 6.81. The Morgan fingerprint density at radius 2 is 2.00 bits per heavy atom. The zero-order valence-electron chi connectivity index (χ0n) is 10.6. The maximum Gasteiger partial charge on any atom is 0.137 e. The van der Waals surface area contributed by atoms with E-state index >= 15 is 0 Å². The van der Waals surface area contributed by atoms with Gasteiger partial charge in [0.05, 0.1) is 12.1 Å². The first kappa shape index (κ1) is 13.4. The van der Waals surface area contributed by atoms with Crippen molar-refractivity contribution in [2.75, 3.05) is 18.5 Å². The van der Waals surface area contributed by atoms with Crippen molar-refractivity contribution in [3.8, 4) is 0 Å². The molecule has 0 aliphatic heterocycles. The van der Waals surface area contributed by atoms with Gasteiger partial charge >= 0.3 is 0 Å². The van der Waals surface area contributed by atoms with E-state index in [2.05, 4.69) is 15.3 Å². The standard InChI is InChI=1S/C11H13N3O.C2H6/c1-8-2-3-10-9(6-8)11(12-4-5-15)14-7-13-10;1-2/h2-3,6-7,15H,4-5H2,1H3,(H,12,13,14);1-2H3. The van der Waals surface area contributed by atoms with Crippen LogP contribution >= 0.6 is 0 Å². The Morgan fingerprint density at radius 3 is 2.71 bits per heavy atom. The first-order valence-corrected chi connectivity index (χ1v) is 5.87. The van der Waals surface area contributed by atoms with Crippen LogP contribution in [-0.2, 0) is 0 Å². The first-order valence-electron chi connectivity index (χ1n) is 5.87. The minimum absolute atomic E-state index is 0.0946. The zero-order chi connectivity index (χ0) is 12.7. The summed E-state index contributed by atoms with van der Waals surface area (Å²) in [6, 6.07) is 6.02. The number of nitrogens with one attached hydrogen (secondary N) is 1. The summed E-state index contributed by atoms with van der Waals surface area (Å²) in [5.41, 5.74) is 2.08. The Bertz CT molecular complexity index is 471. The largest absolute Gasteiger partial charge is 0.395 e. The lowest BCUT2D eigenvalue weighted by atomic mass is 10.1. The molecule has 0 amide bonds. The van der Waals surface area contributed by atoms with E-state index < -0.39 is 0 Å². The molecule has 0 aliphatic carbocycles. The smallest absolute Gasteiger partial charge is 0.137 e. The molecule has 0 atom stereocenters. The Labute approximate surface area is 102 Å². The topological polar surface area (TPSA) is 58.0 Å². The van der Waals surface area contributed by atoms with E-state index in [1.54, 1.807) is 0 Å². The van der Waals surface area contributed by atoms with Crippen molar-refractivity contribution in [2.24, 2.45) is 0 Å². The molecule has 0 saturated carbocycles. The number of aliphatic hydroxyl groups is 1. The fraction of sp³-hybridized carbons (Fsp3) is 0.385. The molecule has 2 rings (SSSR count). The van der Waals surface area contributed by atoms with E-state index in [-0.39, 0.29) is 6.61 Å². The van der Waals surface area contributed by atoms with Crippen LogP contribution in [0.5, 0.6) is 0 Å². The Morgan fingerprint density at radius 1 is 1.24 bits per heavy atom. The fourth-order valence-electron chi connectivity index (χ4n) is 1.49. The van der Waals surface area contributed by atoms with Crippen LogP contribution in [0.2, 0.25) is 0 Å². The maximum atomic E-state index is 8.75. The molecule has 0 aliphatic rings. The minimum Gasteiger partial charge on any atom is -0.395 e. The Hall–Kier alpha value is -1.68. The van der Waals surface area contributed by atoms with Crippen LogP contribution in [0.4, 0.5) is 5.82 Å². The van der Waals surface area contributed by atoms with Crippen LogP contribution in [0.25, 0.3) is 10.9 Å². The molecule has 0 bridgehead atoms. The summed E-state index contributed by atoms with van der Waals surface area (Å²) >= 11 is 0. The van der Waals surface area contributed by atoms with Gasteiger partial charge in [0.15, 0.2) is 0 Å². The first-order chi connectivity index (χ1) is 8.31. The molecule has 17 heavy (non-hydrogen) atoms. The minimum atomic E-state index is 0.0946. The van der Waals surface area contributed by atoms with Crippen LogP contribution in [0, 0.1) is 6.92 Å². The van der Waals surface area contributed by atoms with E-state index in [9.17, 15) is 0 Å². The van der Waals surface area contributed by atoms with Crippen LogP contribution < -0.4 is 5.32 Å². The van der Waals surface area contributed by atoms with Gasteiger partial charge in [0, 0.05) is 11.9 Å². The van der Waals surface area contributed by atoms with Crippen LogP contribution in [-0.4, -0.2) is 28.2 Å². The van der Waals surface area contributed by atoms with Gasteiger partial charge in [-0.25, -0.2) is 9.97 Å². The lowest BCUT2D eigenvalue weighted by molar-refractivity contribution is 0.311. The number of benzene rings is 1. The van der Waals surface area contributed by atoms with Gasteiger partial charge in [-0.05, 0) is 19.1 Å². The maximum absolute atomic E-state index is 8.75. The molecule has 1 aromatic carbocycles. The Kier molecular flexibility index (Phi) is 5.36. The van der Waals surface area contributed by atoms with Crippen LogP contribution in [0.3, 0.4) is 0 Å². The zero-order valence-corrected chi connectivity index (χ0v) is 10.6. The quantitative estimate of drug-likeness (QED) is 0.854. The van der Waals surface area contributed by atoms with E-state index in [0.29, 0.717) is 6.54 Å².